The van der Waals surface area contributed by atoms with Crippen LogP contribution in [0.15, 0.2) is 22.7 Å². The minimum absolute atomic E-state index is 0.286. The number of rotatable bonds is 8. The third-order valence-electron chi connectivity index (χ3n) is 3.35. The van der Waals surface area contributed by atoms with Gasteiger partial charge < -0.3 is 15.3 Å². The molecule has 1 aromatic carbocycles. The Morgan fingerprint density at radius 2 is 2.10 bits per heavy atom. The molecule has 0 aliphatic carbocycles. The van der Waals surface area contributed by atoms with Crippen LogP contribution in [0, 0.1) is 0 Å². The summed E-state index contributed by atoms with van der Waals surface area (Å²) < 4.78 is 0.606. The van der Waals surface area contributed by atoms with Crippen molar-refractivity contribution in [3.63, 3.8) is 0 Å². The monoisotopic (exact) mass is 342 g/mol. The van der Waals surface area contributed by atoms with Crippen LogP contribution in [0.3, 0.4) is 0 Å². The molecule has 20 heavy (non-hydrogen) atoms. The average molecular weight is 343 g/mol. The Bertz CT molecular complexity index is 449. The van der Waals surface area contributed by atoms with Gasteiger partial charge in [0.15, 0.2) is 0 Å². The number of anilines is 1. The first kappa shape index (κ1) is 17.0. The van der Waals surface area contributed by atoms with E-state index >= 15 is 0 Å². The molecular weight excluding hydrogens is 320 g/mol. The molecule has 2 N–H and O–H groups in total. The lowest BCUT2D eigenvalue weighted by Gasteiger charge is -2.20. The fourth-order valence-corrected chi connectivity index (χ4v) is 2.32. The molecule has 0 atom stereocenters. The smallest absolute Gasteiger partial charge is 0.336 e. The van der Waals surface area contributed by atoms with E-state index in [1.54, 1.807) is 12.1 Å². The average Bonchev–Trinajstić information content (AvgIpc) is 2.37. The topological polar surface area (TPSA) is 52.6 Å². The van der Waals surface area contributed by atoms with Gasteiger partial charge in [-0.25, -0.2) is 4.79 Å². The van der Waals surface area contributed by atoms with Crippen molar-refractivity contribution in [2.24, 2.45) is 0 Å². The number of carboxylic acids is 1. The van der Waals surface area contributed by atoms with Gasteiger partial charge in [-0.05, 0) is 74.4 Å². The van der Waals surface area contributed by atoms with E-state index in [9.17, 15) is 4.79 Å². The number of aromatic carboxylic acids is 1. The summed E-state index contributed by atoms with van der Waals surface area (Å²) in [5, 5.41) is 12.3. The summed E-state index contributed by atoms with van der Waals surface area (Å²) in [5.41, 5.74) is 1.23. The van der Waals surface area contributed by atoms with Crippen molar-refractivity contribution in [2.45, 2.75) is 32.7 Å². The van der Waals surface area contributed by atoms with Crippen LogP contribution in [-0.2, 0) is 0 Å². The van der Waals surface area contributed by atoms with Crippen LogP contribution in [0.1, 0.15) is 37.0 Å². The Balaban J connectivity index is 2.32. The Morgan fingerprint density at radius 1 is 1.40 bits per heavy atom. The van der Waals surface area contributed by atoms with Crippen LogP contribution < -0.4 is 5.32 Å². The molecule has 0 saturated carbocycles. The lowest BCUT2D eigenvalue weighted by atomic mass is 10.2. The zero-order valence-electron chi connectivity index (χ0n) is 12.3. The molecule has 5 heteroatoms. The van der Waals surface area contributed by atoms with Crippen LogP contribution in [0.4, 0.5) is 5.69 Å². The highest BCUT2D eigenvalue weighted by Gasteiger charge is 2.08. The summed E-state index contributed by atoms with van der Waals surface area (Å²) in [5.74, 6) is -0.917. The number of carboxylic acid groups (broad SMARTS) is 1. The molecule has 4 nitrogen and oxygen atoms in total. The molecular formula is C15H23BrN2O2. The van der Waals surface area contributed by atoms with Gasteiger partial charge in [0.25, 0.3) is 0 Å². The Hall–Kier alpha value is -1.07. The van der Waals surface area contributed by atoms with Gasteiger partial charge in [-0.2, -0.15) is 0 Å². The fraction of sp³-hybridized carbons (Fsp3) is 0.533. The summed E-state index contributed by atoms with van der Waals surface area (Å²) in [7, 11) is 2.14. The second-order valence-electron chi connectivity index (χ2n) is 5.21. The van der Waals surface area contributed by atoms with Gasteiger partial charge in [-0.3, -0.25) is 0 Å². The Kier molecular flexibility index (Phi) is 7.02. The quantitative estimate of drug-likeness (QED) is 0.707. The third kappa shape index (κ3) is 5.51. The van der Waals surface area contributed by atoms with Crippen LogP contribution in [0.25, 0.3) is 0 Å². The van der Waals surface area contributed by atoms with Crippen molar-refractivity contribution < 1.29 is 9.90 Å². The lowest BCUT2D eigenvalue weighted by Crippen LogP contribution is -2.27. The first-order valence-electron chi connectivity index (χ1n) is 6.88. The zero-order chi connectivity index (χ0) is 15.1. The first-order chi connectivity index (χ1) is 9.41. The van der Waals surface area contributed by atoms with Gasteiger partial charge in [0.2, 0.25) is 0 Å². The van der Waals surface area contributed by atoms with Gasteiger partial charge >= 0.3 is 5.97 Å². The Labute approximate surface area is 129 Å². The van der Waals surface area contributed by atoms with E-state index in [1.165, 1.54) is 0 Å². The van der Waals surface area contributed by atoms with Gasteiger partial charge in [0.05, 0.1) is 5.56 Å². The number of nitrogens with one attached hydrogen (secondary N) is 1. The normalized spacial score (nSPS) is 11.1. The molecule has 0 saturated heterocycles. The van der Waals surface area contributed by atoms with Crippen molar-refractivity contribution in [2.75, 3.05) is 25.5 Å². The second kappa shape index (κ2) is 8.27. The van der Waals surface area contributed by atoms with Crippen LogP contribution >= 0.6 is 15.9 Å². The molecule has 0 aromatic heterocycles. The van der Waals surface area contributed by atoms with Crippen molar-refractivity contribution in [1.82, 2.24) is 4.90 Å². The van der Waals surface area contributed by atoms with E-state index in [4.69, 9.17) is 5.11 Å². The van der Waals surface area contributed by atoms with Crippen molar-refractivity contribution in [3.05, 3.63) is 28.2 Å². The number of hydrogen-bond donors (Lipinski definition) is 2. The zero-order valence-corrected chi connectivity index (χ0v) is 13.9. The molecule has 0 unspecified atom stereocenters. The predicted molar refractivity (Wildman–Crippen MR) is 86.6 cm³/mol. The SMILES string of the molecule is CC(C)N(C)CCCCNc1ccc(C(=O)O)c(Br)c1. The third-order valence-corrected chi connectivity index (χ3v) is 4.00. The molecule has 0 bridgehead atoms. The highest BCUT2D eigenvalue weighted by Crippen LogP contribution is 2.21. The highest BCUT2D eigenvalue weighted by molar-refractivity contribution is 9.10. The maximum Gasteiger partial charge on any atom is 0.336 e. The van der Waals surface area contributed by atoms with Gasteiger partial charge in [-0.1, -0.05) is 0 Å². The van der Waals surface area contributed by atoms with Crippen molar-refractivity contribution in [1.29, 1.82) is 0 Å². The van der Waals surface area contributed by atoms with E-state index in [0.717, 1.165) is 31.6 Å². The van der Waals surface area contributed by atoms with Crippen LogP contribution in [0.2, 0.25) is 0 Å². The van der Waals surface area contributed by atoms with E-state index in [-0.39, 0.29) is 5.56 Å². The number of unbranched alkanes of at least 4 members (excludes halogenated alkanes) is 1. The molecule has 0 heterocycles. The second-order valence-corrected chi connectivity index (χ2v) is 6.06. The number of halogens is 1. The van der Waals surface area contributed by atoms with Gasteiger partial charge in [0, 0.05) is 22.7 Å². The molecule has 0 amide bonds. The maximum atomic E-state index is 10.9. The molecule has 0 spiro atoms. The van der Waals surface area contributed by atoms with Gasteiger partial charge in [-0.15, -0.1) is 0 Å². The van der Waals surface area contributed by atoms with Gasteiger partial charge in [0.1, 0.15) is 0 Å². The number of benzene rings is 1. The number of carbonyl (C=O) groups is 1. The fourth-order valence-electron chi connectivity index (χ4n) is 1.78. The van der Waals surface area contributed by atoms with E-state index in [2.05, 4.69) is 47.0 Å². The van der Waals surface area contributed by atoms with Crippen molar-refractivity contribution in [3.8, 4) is 0 Å². The molecule has 1 aromatic rings. The highest BCUT2D eigenvalue weighted by atomic mass is 79.9. The lowest BCUT2D eigenvalue weighted by molar-refractivity contribution is 0.0696. The standard InChI is InChI=1S/C15H23BrN2O2/c1-11(2)18(3)9-5-4-8-17-12-6-7-13(15(19)20)14(16)10-12/h6-7,10-11,17H,4-5,8-9H2,1-3H3,(H,19,20). The predicted octanol–water partition coefficient (Wildman–Crippen LogP) is 3.68. The molecule has 1 rings (SSSR count). The molecule has 0 radical (unpaired) electrons. The summed E-state index contributed by atoms with van der Waals surface area (Å²) >= 11 is 3.28. The minimum Gasteiger partial charge on any atom is -0.478 e. The number of nitrogens with zero attached hydrogens (tertiary/aromatic N) is 1. The summed E-state index contributed by atoms with van der Waals surface area (Å²) in [6.45, 7) is 6.38. The summed E-state index contributed by atoms with van der Waals surface area (Å²) in [6, 6.07) is 5.81. The molecule has 0 fully saturated rings. The Morgan fingerprint density at radius 3 is 2.65 bits per heavy atom. The van der Waals surface area contributed by atoms with Crippen LogP contribution in [0.5, 0.6) is 0 Å². The van der Waals surface area contributed by atoms with Crippen LogP contribution in [-0.4, -0.2) is 42.2 Å². The molecule has 0 aliphatic rings. The largest absolute Gasteiger partial charge is 0.478 e. The summed E-state index contributed by atoms with van der Waals surface area (Å²) in [4.78, 5) is 13.2. The van der Waals surface area contributed by atoms with Crippen molar-refractivity contribution >= 4 is 27.6 Å². The van der Waals surface area contributed by atoms with E-state index in [0.29, 0.717) is 10.5 Å². The minimum atomic E-state index is -0.917. The van der Waals surface area contributed by atoms with E-state index in [1.807, 2.05) is 6.07 Å². The number of hydrogen-bond acceptors (Lipinski definition) is 3. The molecule has 112 valence electrons. The molecule has 0 aliphatic heterocycles. The van der Waals surface area contributed by atoms with E-state index < -0.39 is 5.97 Å². The maximum absolute atomic E-state index is 10.9. The summed E-state index contributed by atoms with van der Waals surface area (Å²) in [6.07, 6.45) is 2.24. The first-order valence-corrected chi connectivity index (χ1v) is 7.68.